The number of hydrogen-bond donors (Lipinski definition) is 2. The minimum Gasteiger partial charge on any atom is -0.462 e. The van der Waals surface area contributed by atoms with E-state index in [1.807, 2.05) is 6.92 Å². The van der Waals surface area contributed by atoms with E-state index in [-0.39, 0.29) is 12.6 Å². The maximum Gasteiger partial charge on any atom is 0.341 e. The molecule has 0 saturated heterocycles. The van der Waals surface area contributed by atoms with Crippen LogP contribution < -0.4 is 5.32 Å². The molecule has 0 amide bonds. The summed E-state index contributed by atoms with van der Waals surface area (Å²) in [5.41, 5.74) is 0.314. The van der Waals surface area contributed by atoms with Crippen LogP contribution in [-0.2, 0) is 4.74 Å². The van der Waals surface area contributed by atoms with Crippen molar-refractivity contribution in [3.63, 3.8) is 0 Å². The van der Waals surface area contributed by atoms with Gasteiger partial charge in [0.2, 0.25) is 5.95 Å². The molecule has 2 N–H and O–H groups in total. The van der Waals surface area contributed by atoms with E-state index in [4.69, 9.17) is 9.84 Å². The molecule has 1 rings (SSSR count). The second-order valence-electron chi connectivity index (χ2n) is 3.45. The van der Waals surface area contributed by atoms with Gasteiger partial charge in [-0.05, 0) is 13.3 Å². The SMILES string of the molecule is CCOC(=O)c1cnc(NC(CC)CO)nc1. The minimum absolute atomic E-state index is 0.0134. The number of nitrogens with one attached hydrogen (secondary N) is 1. The zero-order valence-electron chi connectivity index (χ0n) is 10.0. The molecule has 17 heavy (non-hydrogen) atoms. The Morgan fingerprint density at radius 3 is 2.59 bits per heavy atom. The number of carbonyl (C=O) groups is 1. The number of rotatable bonds is 6. The molecular weight excluding hydrogens is 222 g/mol. The zero-order chi connectivity index (χ0) is 12.7. The summed E-state index contributed by atoms with van der Waals surface area (Å²) in [7, 11) is 0. The molecule has 0 bridgehead atoms. The van der Waals surface area contributed by atoms with Gasteiger partial charge in [-0.15, -0.1) is 0 Å². The van der Waals surface area contributed by atoms with E-state index in [0.29, 0.717) is 18.1 Å². The lowest BCUT2D eigenvalue weighted by atomic mass is 10.2. The van der Waals surface area contributed by atoms with Crippen molar-refractivity contribution in [2.24, 2.45) is 0 Å². The van der Waals surface area contributed by atoms with Gasteiger partial charge in [-0.1, -0.05) is 6.92 Å². The predicted octanol–water partition coefficient (Wildman–Crippen LogP) is 0.836. The molecule has 0 aliphatic rings. The van der Waals surface area contributed by atoms with Crippen LogP contribution in [0.2, 0.25) is 0 Å². The molecule has 0 saturated carbocycles. The maximum absolute atomic E-state index is 11.3. The first kappa shape index (κ1) is 13.4. The fourth-order valence-electron chi connectivity index (χ4n) is 1.18. The zero-order valence-corrected chi connectivity index (χ0v) is 10.0. The number of nitrogens with zero attached hydrogens (tertiary/aromatic N) is 2. The van der Waals surface area contributed by atoms with Crippen molar-refractivity contribution in [1.82, 2.24) is 9.97 Å². The first-order valence-electron chi connectivity index (χ1n) is 5.57. The predicted molar refractivity (Wildman–Crippen MR) is 62.8 cm³/mol. The number of carbonyl (C=O) groups excluding carboxylic acids is 1. The highest BCUT2D eigenvalue weighted by atomic mass is 16.5. The van der Waals surface area contributed by atoms with Gasteiger partial charge in [-0.25, -0.2) is 14.8 Å². The molecule has 1 unspecified atom stereocenters. The summed E-state index contributed by atoms with van der Waals surface area (Å²) in [5, 5.41) is 12.0. The summed E-state index contributed by atoms with van der Waals surface area (Å²) in [6.07, 6.45) is 3.56. The number of esters is 1. The summed E-state index contributed by atoms with van der Waals surface area (Å²) in [4.78, 5) is 19.3. The Kier molecular flexibility index (Phi) is 5.35. The molecule has 0 aromatic carbocycles. The molecular formula is C11H17N3O3. The van der Waals surface area contributed by atoms with Crippen molar-refractivity contribution < 1.29 is 14.6 Å². The van der Waals surface area contributed by atoms with Crippen LogP contribution in [0.15, 0.2) is 12.4 Å². The molecule has 1 atom stereocenters. The van der Waals surface area contributed by atoms with E-state index in [9.17, 15) is 4.79 Å². The normalized spacial score (nSPS) is 11.9. The summed E-state index contributed by atoms with van der Waals surface area (Å²) in [6.45, 7) is 4.02. The average Bonchev–Trinajstić information content (AvgIpc) is 2.37. The van der Waals surface area contributed by atoms with Gasteiger partial charge in [0.25, 0.3) is 0 Å². The number of anilines is 1. The number of aliphatic hydroxyl groups excluding tert-OH is 1. The van der Waals surface area contributed by atoms with E-state index in [1.165, 1.54) is 12.4 Å². The Labute approximate surface area is 100 Å². The molecule has 0 aliphatic carbocycles. The van der Waals surface area contributed by atoms with Gasteiger partial charge in [0.1, 0.15) is 0 Å². The molecule has 6 heteroatoms. The Hall–Kier alpha value is -1.69. The summed E-state index contributed by atoms with van der Waals surface area (Å²) in [6, 6.07) is -0.0801. The molecule has 0 aliphatic heterocycles. The van der Waals surface area contributed by atoms with Gasteiger partial charge in [0, 0.05) is 12.4 Å². The van der Waals surface area contributed by atoms with Crippen LogP contribution in [0.3, 0.4) is 0 Å². The quantitative estimate of drug-likeness (QED) is 0.715. The number of hydrogen-bond acceptors (Lipinski definition) is 6. The largest absolute Gasteiger partial charge is 0.462 e. The highest BCUT2D eigenvalue weighted by Gasteiger charge is 2.09. The first-order valence-corrected chi connectivity index (χ1v) is 5.57. The molecule has 0 spiro atoms. The van der Waals surface area contributed by atoms with Gasteiger partial charge in [-0.3, -0.25) is 0 Å². The van der Waals surface area contributed by atoms with Crippen molar-refractivity contribution in [3.8, 4) is 0 Å². The van der Waals surface area contributed by atoms with Crippen LogP contribution in [0.5, 0.6) is 0 Å². The van der Waals surface area contributed by atoms with E-state index >= 15 is 0 Å². The van der Waals surface area contributed by atoms with Gasteiger partial charge in [0.15, 0.2) is 0 Å². The molecule has 0 radical (unpaired) electrons. The number of aromatic nitrogens is 2. The summed E-state index contributed by atoms with van der Waals surface area (Å²) < 4.78 is 4.81. The Morgan fingerprint density at radius 1 is 1.47 bits per heavy atom. The third-order valence-corrected chi connectivity index (χ3v) is 2.21. The second kappa shape index (κ2) is 6.80. The lowest BCUT2D eigenvalue weighted by molar-refractivity contribution is 0.0525. The smallest absolute Gasteiger partial charge is 0.341 e. The number of aliphatic hydroxyl groups is 1. The highest BCUT2D eigenvalue weighted by molar-refractivity contribution is 5.88. The van der Waals surface area contributed by atoms with Crippen LogP contribution in [0.25, 0.3) is 0 Å². The van der Waals surface area contributed by atoms with Crippen LogP contribution in [0.4, 0.5) is 5.95 Å². The fraction of sp³-hybridized carbons (Fsp3) is 0.545. The Morgan fingerprint density at radius 2 is 2.12 bits per heavy atom. The third-order valence-electron chi connectivity index (χ3n) is 2.21. The van der Waals surface area contributed by atoms with Crippen LogP contribution in [0, 0.1) is 0 Å². The topological polar surface area (TPSA) is 84.3 Å². The van der Waals surface area contributed by atoms with Gasteiger partial charge < -0.3 is 15.2 Å². The van der Waals surface area contributed by atoms with E-state index < -0.39 is 5.97 Å². The van der Waals surface area contributed by atoms with Crippen LogP contribution in [-0.4, -0.2) is 40.3 Å². The average molecular weight is 239 g/mol. The third kappa shape index (κ3) is 3.99. The van der Waals surface area contributed by atoms with Gasteiger partial charge >= 0.3 is 5.97 Å². The van der Waals surface area contributed by atoms with Crippen molar-refractivity contribution in [2.45, 2.75) is 26.3 Å². The lowest BCUT2D eigenvalue weighted by Gasteiger charge is -2.13. The molecule has 1 heterocycles. The van der Waals surface area contributed by atoms with Crippen LogP contribution >= 0.6 is 0 Å². The fourth-order valence-corrected chi connectivity index (χ4v) is 1.18. The van der Waals surface area contributed by atoms with E-state index in [0.717, 1.165) is 6.42 Å². The Bertz CT molecular complexity index is 349. The number of ether oxygens (including phenoxy) is 1. The van der Waals surface area contributed by atoms with Crippen molar-refractivity contribution in [1.29, 1.82) is 0 Å². The van der Waals surface area contributed by atoms with Gasteiger partial charge in [0.05, 0.1) is 24.8 Å². The Balaban J connectivity index is 2.64. The van der Waals surface area contributed by atoms with Gasteiger partial charge in [-0.2, -0.15) is 0 Å². The lowest BCUT2D eigenvalue weighted by Crippen LogP contribution is -2.24. The standard InChI is InChI=1S/C11H17N3O3/c1-3-9(7-15)14-11-12-5-8(6-13-11)10(16)17-4-2/h5-6,9,15H,3-4,7H2,1-2H3,(H,12,13,14). The molecule has 1 aromatic heterocycles. The summed E-state index contributed by atoms with van der Waals surface area (Å²) >= 11 is 0. The van der Waals surface area contributed by atoms with Crippen LogP contribution in [0.1, 0.15) is 30.6 Å². The van der Waals surface area contributed by atoms with Crippen molar-refractivity contribution in [3.05, 3.63) is 18.0 Å². The maximum atomic E-state index is 11.3. The van der Waals surface area contributed by atoms with Crippen molar-refractivity contribution in [2.75, 3.05) is 18.5 Å². The summed E-state index contributed by atoms with van der Waals surface area (Å²) in [5.74, 6) is -0.0489. The minimum atomic E-state index is -0.437. The highest BCUT2D eigenvalue weighted by Crippen LogP contribution is 2.05. The van der Waals surface area contributed by atoms with E-state index in [1.54, 1.807) is 6.92 Å². The molecule has 6 nitrogen and oxygen atoms in total. The molecule has 94 valence electrons. The molecule has 1 aromatic rings. The second-order valence-corrected chi connectivity index (χ2v) is 3.45. The molecule has 0 fully saturated rings. The monoisotopic (exact) mass is 239 g/mol. The van der Waals surface area contributed by atoms with Crippen molar-refractivity contribution >= 4 is 11.9 Å². The first-order chi connectivity index (χ1) is 8.21. The van der Waals surface area contributed by atoms with E-state index in [2.05, 4.69) is 15.3 Å².